The number of rotatable bonds is 4. The fourth-order valence-corrected chi connectivity index (χ4v) is 8.13. The normalized spacial score (nSPS) is 9.94. The Labute approximate surface area is 452 Å². The Bertz CT molecular complexity index is 2960. The summed E-state index contributed by atoms with van der Waals surface area (Å²) >= 11 is 4.54. The van der Waals surface area contributed by atoms with E-state index in [0.717, 1.165) is 0 Å². The van der Waals surface area contributed by atoms with Crippen LogP contribution in [0.25, 0.3) is 87.6 Å². The van der Waals surface area contributed by atoms with Crippen molar-refractivity contribution in [2.24, 2.45) is 0 Å². The maximum atomic E-state index is 2.27. The van der Waals surface area contributed by atoms with E-state index in [9.17, 15) is 0 Å². The monoisotopic (exact) mass is 1050 g/mol. The van der Waals surface area contributed by atoms with Gasteiger partial charge in [-0.25, -0.2) is 0 Å². The molecule has 0 bridgehead atoms. The topological polar surface area (TPSA) is 0 Å². The van der Waals surface area contributed by atoms with E-state index in [1.54, 1.807) is 0 Å². The minimum Gasteiger partial charge on any atom is -1.00 e. The smallest absolute Gasteiger partial charge is 0.0279 e. The molecule has 6 heteroatoms. The average Bonchev–Trinajstić information content (AvgIpc) is 4.23. The quantitative estimate of drug-likeness (QED) is 0.122. The summed E-state index contributed by atoms with van der Waals surface area (Å²) in [6, 6.07) is 93.6. The van der Waals surface area contributed by atoms with Gasteiger partial charge < -0.3 is 24.8 Å². The molecule has 0 atom stereocenters. The van der Waals surface area contributed by atoms with Gasteiger partial charge in [0.15, 0.2) is 0 Å². The molecular weight excluding hydrogens is 992 g/mol. The molecule has 0 N–H and O–H groups in total. The summed E-state index contributed by atoms with van der Waals surface area (Å²) in [7, 11) is 0. The molecule has 0 aliphatic rings. The van der Waals surface area contributed by atoms with E-state index in [0.29, 0.717) is 0 Å². The van der Waals surface area contributed by atoms with Crippen LogP contribution in [0.3, 0.4) is 0 Å². The van der Waals surface area contributed by atoms with E-state index in [1.165, 1.54) is 87.6 Å². The SMILES string of the molecule is C[Si](C)=[Ti+2].C[Si](C)=[Ti+2].[Cl-].[Cl-].c1ccc(-c2cccc3[cH-]ccc23)cc1.c1ccc(-c2cccc3[cH-]ccc23)cc1.c1ccc(-c2cccc3[cH-]ccc23)cc1.c1ccc(-c2cccc3[cH-]ccc23)cc1. The summed E-state index contributed by atoms with van der Waals surface area (Å²) in [5.74, 6) is 0. The van der Waals surface area contributed by atoms with Crippen LogP contribution in [0.4, 0.5) is 0 Å². The Morgan fingerprint density at radius 1 is 0.257 bits per heavy atom. The molecule has 70 heavy (non-hydrogen) atoms. The van der Waals surface area contributed by atoms with Crippen LogP contribution in [0, 0.1) is 0 Å². The van der Waals surface area contributed by atoms with Crippen molar-refractivity contribution in [1.82, 2.24) is 0 Å². The van der Waals surface area contributed by atoms with E-state index in [-0.39, 0.29) is 37.2 Å². The summed E-state index contributed by atoms with van der Waals surface area (Å²) in [6.45, 7) is 9.07. The molecule has 344 valence electrons. The van der Waals surface area contributed by atoms with Gasteiger partial charge in [0.2, 0.25) is 0 Å². The molecule has 12 aromatic carbocycles. The molecule has 0 unspecified atom stereocenters. The summed E-state index contributed by atoms with van der Waals surface area (Å²) in [5.41, 5.74) is 10.4. The first-order valence-electron chi connectivity index (χ1n) is 23.1. The van der Waals surface area contributed by atoms with Crippen LogP contribution in [0.2, 0.25) is 26.2 Å². The molecule has 0 radical (unpaired) electrons. The van der Waals surface area contributed by atoms with Gasteiger partial charge in [0.1, 0.15) is 0 Å². The van der Waals surface area contributed by atoms with E-state index >= 15 is 0 Å². The van der Waals surface area contributed by atoms with Crippen LogP contribution in [0.1, 0.15) is 0 Å². The zero-order chi connectivity index (χ0) is 47.5. The van der Waals surface area contributed by atoms with E-state index in [2.05, 4.69) is 331 Å². The van der Waals surface area contributed by atoms with Crippen LogP contribution in [-0.2, 0) is 38.3 Å². The third-order valence-corrected chi connectivity index (χ3v) is 11.1. The number of fused-ring (bicyclic) bond motifs is 4. The van der Waals surface area contributed by atoms with Gasteiger partial charge in [-0.3, -0.25) is 0 Å². The van der Waals surface area contributed by atoms with Crippen molar-refractivity contribution in [2.75, 3.05) is 0 Å². The molecule has 12 aromatic rings. The van der Waals surface area contributed by atoms with Gasteiger partial charge in [-0.2, -0.15) is 48.5 Å². The molecule has 0 amide bonds. The Kier molecular flexibility index (Phi) is 23.1. The largest absolute Gasteiger partial charge is 1.00 e. The summed E-state index contributed by atoms with van der Waals surface area (Å²) < 4.78 is 0. The molecule has 0 nitrogen and oxygen atoms in total. The van der Waals surface area contributed by atoms with Crippen LogP contribution >= 0.6 is 0 Å². The van der Waals surface area contributed by atoms with E-state index in [4.69, 9.17) is 0 Å². The second-order valence-corrected chi connectivity index (χ2v) is 30.2. The van der Waals surface area contributed by atoms with Gasteiger partial charge in [-0.1, -0.05) is 168 Å². The maximum absolute atomic E-state index is 2.27. The van der Waals surface area contributed by atoms with Crippen molar-refractivity contribution < 1.29 is 63.2 Å². The number of benzene rings is 8. The molecule has 0 spiro atoms. The van der Waals surface area contributed by atoms with Gasteiger partial charge in [0.05, 0.1) is 0 Å². The fraction of sp³-hybridized carbons (Fsp3) is 0.0625. The van der Waals surface area contributed by atoms with Crippen molar-refractivity contribution in [1.29, 1.82) is 0 Å². The Hall–Kier alpha value is -5.36. The van der Waals surface area contributed by atoms with Crippen molar-refractivity contribution in [3.63, 3.8) is 0 Å². The van der Waals surface area contributed by atoms with Crippen molar-refractivity contribution in [2.45, 2.75) is 26.2 Å². The predicted molar refractivity (Wildman–Crippen MR) is 295 cm³/mol. The van der Waals surface area contributed by atoms with Crippen molar-refractivity contribution >= 4 is 55.5 Å². The van der Waals surface area contributed by atoms with Crippen molar-refractivity contribution in [3.8, 4) is 44.5 Å². The van der Waals surface area contributed by atoms with Crippen LogP contribution < -0.4 is 24.8 Å². The van der Waals surface area contributed by atoms with Gasteiger partial charge >= 0.3 is 76.9 Å². The van der Waals surface area contributed by atoms with Crippen LogP contribution in [-0.4, -0.2) is 12.4 Å². The Morgan fingerprint density at radius 3 is 0.629 bits per heavy atom. The predicted octanol–water partition coefficient (Wildman–Crippen LogP) is 12.5. The molecule has 0 aromatic heterocycles. The van der Waals surface area contributed by atoms with E-state index < -0.39 is 0 Å². The molecule has 0 saturated carbocycles. The summed E-state index contributed by atoms with van der Waals surface area (Å²) in [5, 5.41) is 10.6. The van der Waals surface area contributed by atoms with E-state index in [1.807, 2.05) is 0 Å². The molecular formula is C64H56Cl2Si2Ti2-2. The second-order valence-electron chi connectivity index (χ2n) is 16.8. The average molecular weight is 1050 g/mol. The maximum Gasteiger partial charge on any atom is -0.0279 e. The van der Waals surface area contributed by atoms with Gasteiger partial charge in [0.25, 0.3) is 0 Å². The minimum absolute atomic E-state index is 0. The summed E-state index contributed by atoms with van der Waals surface area (Å²) in [4.78, 5) is 0. The zero-order valence-electron chi connectivity index (χ0n) is 40.2. The summed E-state index contributed by atoms with van der Waals surface area (Å²) in [6.07, 6.45) is 0.241. The third kappa shape index (κ3) is 15.8. The van der Waals surface area contributed by atoms with Gasteiger partial charge in [0, 0.05) is 0 Å². The molecule has 0 aliphatic carbocycles. The molecule has 0 heterocycles. The molecule has 0 aliphatic heterocycles. The van der Waals surface area contributed by atoms with Crippen LogP contribution in [0.15, 0.2) is 267 Å². The Morgan fingerprint density at radius 2 is 0.443 bits per heavy atom. The molecule has 0 saturated heterocycles. The standard InChI is InChI=1S/4C15H11.2C2H6Si.2ClH.2Ti/c4*1-2-6-12(7-3-1)14-10-4-8-13-9-5-11-15(13)14;2*1-3-2;;;;/h4*1-11H;2*1-2H3;2*1H;;/q4*-1;;;;;2*+2/p-2. The fourth-order valence-electron chi connectivity index (χ4n) is 8.13. The van der Waals surface area contributed by atoms with Gasteiger partial charge in [-0.05, 0) is 22.3 Å². The first-order chi connectivity index (χ1) is 33.3. The van der Waals surface area contributed by atoms with Gasteiger partial charge in [-0.15, -0.1) is 116 Å². The Balaban J connectivity index is 0.000000164. The second kappa shape index (κ2) is 29.1. The third-order valence-electron chi connectivity index (χ3n) is 11.1. The minimum atomic E-state index is 0. The van der Waals surface area contributed by atoms with Crippen LogP contribution in [0.5, 0.6) is 0 Å². The van der Waals surface area contributed by atoms with Crippen molar-refractivity contribution in [3.05, 3.63) is 267 Å². The first kappa shape index (κ1) is 55.6. The molecule has 12 rings (SSSR count). The zero-order valence-corrected chi connectivity index (χ0v) is 46.8. The molecule has 0 fully saturated rings. The first-order valence-corrected chi connectivity index (χ1v) is 32.8. The number of hydrogen-bond donors (Lipinski definition) is 0. The number of hydrogen-bond acceptors (Lipinski definition) is 0. The number of halogens is 2.